The maximum Gasteiger partial charge on any atom is 0.331 e. The number of esters is 1. The highest BCUT2D eigenvalue weighted by Crippen LogP contribution is 2.23. The smallest absolute Gasteiger partial charge is 0.331 e. The standard InChI is InChI=1S/C12H15N3O2.C10H13N3O/c1-4-17-11(16)12(2,3)15-8-14-10-9(15)6-5-7-13-10;1-10(2,6-14)13-7-12-8-4-3-5-11-9(8)13/h5-8H,4H2,1-3H3;3-5,7,14H,6H2,1-2H3. The van der Waals surface area contributed by atoms with Gasteiger partial charge in [0.25, 0.3) is 0 Å². The minimum atomic E-state index is -0.784. The molecule has 0 amide bonds. The normalized spacial score (nSPS) is 11.9. The highest BCUT2D eigenvalue weighted by molar-refractivity contribution is 5.81. The van der Waals surface area contributed by atoms with Crippen molar-refractivity contribution in [3.8, 4) is 0 Å². The van der Waals surface area contributed by atoms with E-state index >= 15 is 0 Å². The van der Waals surface area contributed by atoms with Crippen LogP contribution >= 0.6 is 0 Å². The van der Waals surface area contributed by atoms with Crippen LogP contribution in [0.3, 0.4) is 0 Å². The number of hydrogen-bond acceptors (Lipinski definition) is 7. The highest BCUT2D eigenvalue weighted by Gasteiger charge is 2.32. The molecule has 4 heterocycles. The fourth-order valence-corrected chi connectivity index (χ4v) is 3.07. The quantitative estimate of drug-likeness (QED) is 0.491. The zero-order chi connectivity index (χ0) is 22.6. The second-order valence-electron chi connectivity index (χ2n) is 8.17. The average Bonchev–Trinajstić information content (AvgIpc) is 3.39. The molecule has 31 heavy (non-hydrogen) atoms. The Bertz CT molecular complexity index is 1180. The zero-order valence-electron chi connectivity index (χ0n) is 18.5. The van der Waals surface area contributed by atoms with Crippen LogP contribution in [0.15, 0.2) is 49.3 Å². The summed E-state index contributed by atoms with van der Waals surface area (Å²) in [6, 6.07) is 7.47. The van der Waals surface area contributed by atoms with Gasteiger partial charge in [-0.2, -0.15) is 0 Å². The van der Waals surface area contributed by atoms with Crippen molar-refractivity contribution in [1.82, 2.24) is 29.1 Å². The predicted molar refractivity (Wildman–Crippen MR) is 117 cm³/mol. The number of aromatic nitrogens is 6. The number of aliphatic hydroxyl groups is 1. The number of imidazole rings is 2. The van der Waals surface area contributed by atoms with E-state index in [1.54, 1.807) is 50.4 Å². The van der Waals surface area contributed by atoms with Gasteiger partial charge in [0.1, 0.15) is 11.1 Å². The maximum absolute atomic E-state index is 11.9. The molecule has 4 aromatic rings. The number of carbonyl (C=O) groups is 1. The SMILES string of the molecule is CC(C)(CO)n1cnc2cccnc21.CCOC(=O)C(C)(C)n1cnc2ncccc21. The van der Waals surface area contributed by atoms with Crippen LogP contribution in [0.2, 0.25) is 0 Å². The summed E-state index contributed by atoms with van der Waals surface area (Å²) in [6.45, 7) is 9.73. The third kappa shape index (κ3) is 4.41. The second kappa shape index (κ2) is 8.81. The summed E-state index contributed by atoms with van der Waals surface area (Å²) >= 11 is 0. The predicted octanol–water partition coefficient (Wildman–Crippen LogP) is 2.89. The molecule has 9 nitrogen and oxygen atoms in total. The Balaban J connectivity index is 0.000000179. The van der Waals surface area contributed by atoms with E-state index in [9.17, 15) is 9.90 Å². The minimum absolute atomic E-state index is 0.0645. The number of ether oxygens (including phenoxy) is 1. The van der Waals surface area contributed by atoms with Gasteiger partial charge in [0.05, 0.1) is 36.9 Å². The topological polar surface area (TPSA) is 108 Å². The first-order valence-electron chi connectivity index (χ1n) is 10.1. The minimum Gasteiger partial charge on any atom is -0.464 e. The van der Waals surface area contributed by atoms with E-state index in [0.29, 0.717) is 12.3 Å². The first kappa shape index (κ1) is 22.4. The molecule has 164 valence electrons. The first-order chi connectivity index (χ1) is 14.7. The Labute approximate surface area is 180 Å². The molecular formula is C22H28N6O3. The average molecular weight is 425 g/mol. The molecule has 4 aromatic heterocycles. The van der Waals surface area contributed by atoms with Crippen LogP contribution in [0.5, 0.6) is 0 Å². The summed E-state index contributed by atoms with van der Waals surface area (Å²) in [7, 11) is 0. The Morgan fingerprint density at radius 3 is 2.39 bits per heavy atom. The van der Waals surface area contributed by atoms with E-state index < -0.39 is 5.54 Å². The van der Waals surface area contributed by atoms with Gasteiger partial charge < -0.3 is 19.0 Å². The van der Waals surface area contributed by atoms with Gasteiger partial charge in [0.15, 0.2) is 11.3 Å². The summed E-state index contributed by atoms with van der Waals surface area (Å²) in [5.74, 6) is -0.275. The number of hydrogen-bond donors (Lipinski definition) is 1. The molecule has 0 aliphatic carbocycles. The zero-order valence-corrected chi connectivity index (χ0v) is 18.5. The van der Waals surface area contributed by atoms with E-state index in [1.165, 1.54) is 0 Å². The summed E-state index contributed by atoms with van der Waals surface area (Å²) in [4.78, 5) is 28.7. The van der Waals surface area contributed by atoms with Crippen molar-refractivity contribution >= 4 is 28.3 Å². The van der Waals surface area contributed by atoms with Crippen molar-refractivity contribution in [3.05, 3.63) is 49.3 Å². The molecule has 9 heteroatoms. The molecule has 1 N–H and O–H groups in total. The van der Waals surface area contributed by atoms with Crippen LogP contribution < -0.4 is 0 Å². The van der Waals surface area contributed by atoms with Gasteiger partial charge in [-0.05, 0) is 58.9 Å². The van der Waals surface area contributed by atoms with Crippen LogP contribution in [0, 0.1) is 0 Å². The second-order valence-corrected chi connectivity index (χ2v) is 8.17. The summed E-state index contributed by atoms with van der Waals surface area (Å²) in [6.07, 6.45) is 6.74. The lowest BCUT2D eigenvalue weighted by Crippen LogP contribution is -2.36. The molecule has 0 atom stereocenters. The molecule has 0 saturated heterocycles. The summed E-state index contributed by atoms with van der Waals surface area (Å²) in [5, 5.41) is 9.25. The van der Waals surface area contributed by atoms with Gasteiger partial charge in [-0.15, -0.1) is 0 Å². The monoisotopic (exact) mass is 424 g/mol. The first-order valence-corrected chi connectivity index (χ1v) is 10.1. The lowest BCUT2D eigenvalue weighted by atomic mass is 10.1. The lowest BCUT2D eigenvalue weighted by Gasteiger charge is -2.24. The van der Waals surface area contributed by atoms with Crippen molar-refractivity contribution in [3.63, 3.8) is 0 Å². The largest absolute Gasteiger partial charge is 0.464 e. The van der Waals surface area contributed by atoms with Crippen molar-refractivity contribution in [2.24, 2.45) is 0 Å². The summed E-state index contributed by atoms with van der Waals surface area (Å²) in [5.41, 5.74) is 1.98. The third-order valence-corrected chi connectivity index (χ3v) is 5.04. The Kier molecular flexibility index (Phi) is 6.35. The van der Waals surface area contributed by atoms with E-state index in [0.717, 1.165) is 16.7 Å². The molecule has 4 rings (SSSR count). The van der Waals surface area contributed by atoms with Crippen LogP contribution in [0.4, 0.5) is 0 Å². The van der Waals surface area contributed by atoms with E-state index in [2.05, 4.69) is 19.9 Å². The van der Waals surface area contributed by atoms with Crippen molar-refractivity contribution in [1.29, 1.82) is 0 Å². The van der Waals surface area contributed by atoms with Crippen molar-refractivity contribution in [2.75, 3.05) is 13.2 Å². The molecule has 0 radical (unpaired) electrons. The molecule has 0 aliphatic heterocycles. The van der Waals surface area contributed by atoms with Gasteiger partial charge in [-0.1, -0.05) is 0 Å². The van der Waals surface area contributed by atoms with Gasteiger partial charge in [0, 0.05) is 12.4 Å². The van der Waals surface area contributed by atoms with Crippen LogP contribution in [0.1, 0.15) is 34.6 Å². The van der Waals surface area contributed by atoms with Crippen LogP contribution in [0.25, 0.3) is 22.3 Å². The molecule has 0 aromatic carbocycles. The van der Waals surface area contributed by atoms with Crippen LogP contribution in [-0.2, 0) is 20.6 Å². The van der Waals surface area contributed by atoms with Crippen molar-refractivity contribution in [2.45, 2.75) is 45.7 Å². The Hall–Kier alpha value is -3.33. The molecule has 0 saturated carbocycles. The van der Waals surface area contributed by atoms with Crippen molar-refractivity contribution < 1.29 is 14.6 Å². The van der Waals surface area contributed by atoms with E-state index in [4.69, 9.17) is 4.74 Å². The number of pyridine rings is 2. The summed E-state index contributed by atoms with van der Waals surface area (Å²) < 4.78 is 8.75. The number of fused-ring (bicyclic) bond motifs is 2. The molecule has 0 spiro atoms. The van der Waals surface area contributed by atoms with Gasteiger partial charge >= 0.3 is 5.97 Å². The molecule has 0 unspecified atom stereocenters. The van der Waals surface area contributed by atoms with Gasteiger partial charge in [-0.3, -0.25) is 0 Å². The third-order valence-electron chi connectivity index (χ3n) is 5.04. The number of rotatable bonds is 5. The maximum atomic E-state index is 11.9. The van der Waals surface area contributed by atoms with Gasteiger partial charge in [0.2, 0.25) is 0 Å². The Morgan fingerprint density at radius 2 is 1.68 bits per heavy atom. The van der Waals surface area contributed by atoms with Gasteiger partial charge in [-0.25, -0.2) is 24.7 Å². The fraction of sp³-hybridized carbons (Fsp3) is 0.409. The fourth-order valence-electron chi connectivity index (χ4n) is 3.07. The number of nitrogens with zero attached hydrogens (tertiary/aromatic N) is 6. The van der Waals surface area contributed by atoms with E-state index in [1.807, 2.05) is 42.7 Å². The molecule has 0 aliphatic rings. The molecular weight excluding hydrogens is 396 g/mol. The molecule has 0 fully saturated rings. The Morgan fingerprint density at radius 1 is 1.00 bits per heavy atom. The lowest BCUT2D eigenvalue weighted by molar-refractivity contribution is -0.152. The highest BCUT2D eigenvalue weighted by atomic mass is 16.5. The number of carbonyl (C=O) groups excluding carboxylic acids is 1. The molecule has 0 bridgehead atoms. The number of aliphatic hydroxyl groups excluding tert-OH is 1. The van der Waals surface area contributed by atoms with Crippen LogP contribution in [-0.4, -0.2) is 53.4 Å². The van der Waals surface area contributed by atoms with E-state index in [-0.39, 0.29) is 18.1 Å².